The Morgan fingerprint density at radius 3 is 2.63 bits per heavy atom. The molecule has 0 radical (unpaired) electrons. The Hall–Kier alpha value is -2.49. The van der Waals surface area contributed by atoms with Crippen LogP contribution in [-0.4, -0.2) is 56.9 Å². The summed E-state index contributed by atoms with van der Waals surface area (Å²) in [5.41, 5.74) is 0.851. The molecule has 1 aliphatic heterocycles. The first-order chi connectivity index (χ1) is 12.7. The van der Waals surface area contributed by atoms with Crippen LogP contribution in [0.25, 0.3) is 0 Å². The summed E-state index contributed by atoms with van der Waals surface area (Å²) in [5, 5.41) is 3.52. The number of urea groups is 1. The Kier molecular flexibility index (Phi) is 6.89. The van der Waals surface area contributed by atoms with Gasteiger partial charge in [-0.1, -0.05) is 0 Å². The highest BCUT2D eigenvalue weighted by Crippen LogP contribution is 2.38. The van der Waals surface area contributed by atoms with Crippen molar-refractivity contribution in [2.75, 3.05) is 33.9 Å². The summed E-state index contributed by atoms with van der Waals surface area (Å²) in [6.07, 6.45) is -2.93. The van der Waals surface area contributed by atoms with Crippen molar-refractivity contribution in [3.05, 3.63) is 23.8 Å². The van der Waals surface area contributed by atoms with Crippen molar-refractivity contribution in [1.29, 1.82) is 0 Å². The predicted octanol–water partition coefficient (Wildman–Crippen LogP) is 2.23. The maximum atomic E-state index is 12.1. The maximum absolute atomic E-state index is 12.1. The van der Waals surface area contributed by atoms with Crippen LogP contribution in [-0.2, 0) is 4.79 Å². The van der Waals surface area contributed by atoms with Gasteiger partial charge in [-0.3, -0.25) is 15.0 Å². The zero-order valence-corrected chi connectivity index (χ0v) is 15.1. The fraction of sp³-hybridized carbons (Fsp3) is 0.529. The first kappa shape index (κ1) is 20.8. The second-order valence-corrected chi connectivity index (χ2v) is 6.08. The van der Waals surface area contributed by atoms with Gasteiger partial charge >= 0.3 is 12.2 Å². The number of nitrogens with zero attached hydrogens (tertiary/aromatic N) is 1. The van der Waals surface area contributed by atoms with Crippen LogP contribution < -0.4 is 20.1 Å². The molecule has 1 aromatic rings. The molecule has 1 fully saturated rings. The molecule has 0 aromatic heterocycles. The van der Waals surface area contributed by atoms with Crippen molar-refractivity contribution in [2.45, 2.75) is 25.1 Å². The van der Waals surface area contributed by atoms with Gasteiger partial charge in [-0.2, -0.15) is 13.2 Å². The smallest absolute Gasteiger partial charge is 0.405 e. The predicted molar refractivity (Wildman–Crippen MR) is 90.7 cm³/mol. The molecule has 2 rings (SSSR count). The average molecular weight is 389 g/mol. The number of likely N-dealkylation sites (tertiary alicyclic amines) is 1. The third-order valence-electron chi connectivity index (χ3n) is 4.21. The molecule has 10 heteroatoms. The standard InChI is InChI=1S/C17H22F3N3O4/c1-26-11-5-6-14(27-2)12(8-11)13-4-3-7-23(13)9-15(24)22-16(25)21-10-17(18,19)20/h5-6,8,13H,3-4,7,9-10H2,1-2H3,(H2,21,22,24,25)/t13-/m0/s1. The minimum atomic E-state index is -4.54. The van der Waals surface area contributed by atoms with E-state index in [0.717, 1.165) is 18.4 Å². The highest BCUT2D eigenvalue weighted by molar-refractivity contribution is 5.95. The number of hydrogen-bond donors (Lipinski definition) is 2. The molecule has 150 valence electrons. The van der Waals surface area contributed by atoms with E-state index in [0.29, 0.717) is 18.0 Å². The number of methoxy groups -OCH3 is 2. The Bertz CT molecular complexity index is 682. The SMILES string of the molecule is COc1ccc(OC)c([C@@H]2CCCN2CC(=O)NC(=O)NCC(F)(F)F)c1. The summed E-state index contributed by atoms with van der Waals surface area (Å²) >= 11 is 0. The Morgan fingerprint density at radius 1 is 1.26 bits per heavy atom. The number of rotatable bonds is 6. The number of amides is 3. The molecule has 0 unspecified atom stereocenters. The normalized spacial score (nSPS) is 17.4. The second kappa shape index (κ2) is 8.94. The molecule has 1 aromatic carbocycles. The van der Waals surface area contributed by atoms with Gasteiger partial charge in [0.2, 0.25) is 5.91 Å². The lowest BCUT2D eigenvalue weighted by Gasteiger charge is -2.25. The lowest BCUT2D eigenvalue weighted by atomic mass is 10.0. The number of imide groups is 1. The van der Waals surface area contributed by atoms with E-state index in [1.807, 2.05) is 16.3 Å². The van der Waals surface area contributed by atoms with Gasteiger partial charge < -0.3 is 14.8 Å². The highest BCUT2D eigenvalue weighted by Gasteiger charge is 2.31. The van der Waals surface area contributed by atoms with E-state index < -0.39 is 24.7 Å². The monoisotopic (exact) mass is 389 g/mol. The van der Waals surface area contributed by atoms with Crippen LogP contribution in [0, 0.1) is 0 Å². The molecule has 1 heterocycles. The van der Waals surface area contributed by atoms with E-state index in [1.54, 1.807) is 31.7 Å². The second-order valence-electron chi connectivity index (χ2n) is 6.08. The van der Waals surface area contributed by atoms with Crippen LogP contribution in [0.1, 0.15) is 24.4 Å². The van der Waals surface area contributed by atoms with Gasteiger partial charge in [0.05, 0.1) is 20.8 Å². The lowest BCUT2D eigenvalue weighted by Crippen LogP contribution is -2.46. The summed E-state index contributed by atoms with van der Waals surface area (Å²) in [7, 11) is 3.09. The van der Waals surface area contributed by atoms with E-state index in [1.165, 1.54) is 0 Å². The third-order valence-corrected chi connectivity index (χ3v) is 4.21. The summed E-state index contributed by atoms with van der Waals surface area (Å²) in [6.45, 7) is -1.01. The van der Waals surface area contributed by atoms with Gasteiger partial charge in [0.25, 0.3) is 0 Å². The number of nitrogens with one attached hydrogen (secondary N) is 2. The zero-order valence-electron chi connectivity index (χ0n) is 15.1. The number of carbonyl (C=O) groups excluding carboxylic acids is 2. The fourth-order valence-electron chi connectivity index (χ4n) is 3.04. The molecule has 0 saturated carbocycles. The first-order valence-corrected chi connectivity index (χ1v) is 8.34. The zero-order chi connectivity index (χ0) is 20.0. The average Bonchev–Trinajstić information content (AvgIpc) is 3.06. The van der Waals surface area contributed by atoms with Crippen LogP contribution in [0.2, 0.25) is 0 Å². The van der Waals surface area contributed by atoms with Crippen molar-refractivity contribution < 1.29 is 32.2 Å². The van der Waals surface area contributed by atoms with E-state index in [-0.39, 0.29) is 12.6 Å². The maximum Gasteiger partial charge on any atom is 0.405 e. The van der Waals surface area contributed by atoms with Crippen molar-refractivity contribution >= 4 is 11.9 Å². The number of halogens is 3. The summed E-state index contributed by atoms with van der Waals surface area (Å²) in [4.78, 5) is 25.3. The molecular formula is C17H22F3N3O4. The van der Waals surface area contributed by atoms with Gasteiger partial charge in [-0.15, -0.1) is 0 Å². The Morgan fingerprint density at radius 2 is 2.00 bits per heavy atom. The van der Waals surface area contributed by atoms with E-state index >= 15 is 0 Å². The van der Waals surface area contributed by atoms with E-state index in [2.05, 4.69) is 0 Å². The number of carbonyl (C=O) groups is 2. The largest absolute Gasteiger partial charge is 0.497 e. The molecule has 0 aliphatic carbocycles. The Balaban J connectivity index is 2.00. The third kappa shape index (κ3) is 6.02. The van der Waals surface area contributed by atoms with Crippen LogP contribution in [0.5, 0.6) is 11.5 Å². The highest BCUT2D eigenvalue weighted by atomic mass is 19.4. The molecule has 27 heavy (non-hydrogen) atoms. The molecule has 1 saturated heterocycles. The summed E-state index contributed by atoms with van der Waals surface area (Å²) in [5.74, 6) is 0.619. The van der Waals surface area contributed by atoms with Crippen molar-refractivity contribution in [2.24, 2.45) is 0 Å². The minimum absolute atomic E-state index is 0.121. The molecule has 1 atom stereocenters. The molecule has 0 bridgehead atoms. The topological polar surface area (TPSA) is 79.9 Å². The number of alkyl halides is 3. The summed E-state index contributed by atoms with van der Waals surface area (Å²) < 4.78 is 46.9. The molecule has 3 amide bonds. The van der Waals surface area contributed by atoms with Crippen LogP contribution >= 0.6 is 0 Å². The fourth-order valence-corrected chi connectivity index (χ4v) is 3.04. The van der Waals surface area contributed by atoms with Crippen molar-refractivity contribution in [1.82, 2.24) is 15.5 Å². The van der Waals surface area contributed by atoms with Crippen LogP contribution in [0.4, 0.5) is 18.0 Å². The molecular weight excluding hydrogens is 367 g/mol. The number of benzene rings is 1. The molecule has 2 N–H and O–H groups in total. The van der Waals surface area contributed by atoms with Crippen LogP contribution in [0.15, 0.2) is 18.2 Å². The van der Waals surface area contributed by atoms with Gasteiger partial charge in [-0.05, 0) is 37.6 Å². The number of hydrogen-bond acceptors (Lipinski definition) is 5. The van der Waals surface area contributed by atoms with Crippen LogP contribution in [0.3, 0.4) is 0 Å². The quantitative estimate of drug-likeness (QED) is 0.780. The van der Waals surface area contributed by atoms with E-state index in [9.17, 15) is 22.8 Å². The van der Waals surface area contributed by atoms with Crippen molar-refractivity contribution in [3.8, 4) is 11.5 Å². The van der Waals surface area contributed by atoms with Gasteiger partial charge in [0.15, 0.2) is 0 Å². The van der Waals surface area contributed by atoms with Gasteiger partial charge in [0, 0.05) is 11.6 Å². The Labute approximate surface area is 154 Å². The summed E-state index contributed by atoms with van der Waals surface area (Å²) in [6, 6.07) is 4.07. The minimum Gasteiger partial charge on any atom is -0.497 e. The number of ether oxygens (including phenoxy) is 2. The molecule has 7 nitrogen and oxygen atoms in total. The first-order valence-electron chi connectivity index (χ1n) is 8.34. The lowest BCUT2D eigenvalue weighted by molar-refractivity contribution is -0.125. The van der Waals surface area contributed by atoms with E-state index in [4.69, 9.17) is 9.47 Å². The molecule has 1 aliphatic rings. The van der Waals surface area contributed by atoms with Gasteiger partial charge in [-0.25, -0.2) is 4.79 Å². The van der Waals surface area contributed by atoms with Crippen molar-refractivity contribution in [3.63, 3.8) is 0 Å². The van der Waals surface area contributed by atoms with Gasteiger partial charge in [0.1, 0.15) is 18.0 Å². The molecule has 0 spiro atoms.